The quantitative estimate of drug-likeness (QED) is 0.358. The Labute approximate surface area is 119 Å². The second kappa shape index (κ2) is 15.9. The van der Waals surface area contributed by atoms with Crippen LogP contribution in [0.1, 0.15) is 78.1 Å². The van der Waals surface area contributed by atoms with Crippen molar-refractivity contribution < 1.29 is 14.6 Å². The lowest BCUT2D eigenvalue weighted by atomic mass is 10.1. The fourth-order valence-corrected chi connectivity index (χ4v) is 2.07. The topological polar surface area (TPSA) is 38.7 Å². The van der Waals surface area contributed by atoms with E-state index in [4.69, 9.17) is 14.6 Å². The lowest BCUT2D eigenvalue weighted by Gasteiger charge is -2.07. The molecule has 0 amide bonds. The van der Waals surface area contributed by atoms with Gasteiger partial charge >= 0.3 is 0 Å². The maximum absolute atomic E-state index is 8.87. The van der Waals surface area contributed by atoms with Gasteiger partial charge in [0.25, 0.3) is 0 Å². The molecule has 1 atom stereocenters. The van der Waals surface area contributed by atoms with Crippen molar-refractivity contribution in [2.75, 3.05) is 19.8 Å². The van der Waals surface area contributed by atoms with Crippen molar-refractivity contribution in [1.29, 1.82) is 0 Å². The van der Waals surface area contributed by atoms with Gasteiger partial charge in [-0.05, 0) is 13.3 Å². The van der Waals surface area contributed by atoms with Crippen molar-refractivity contribution in [3.63, 3.8) is 0 Å². The molecule has 116 valence electrons. The van der Waals surface area contributed by atoms with Crippen LogP contribution in [-0.4, -0.2) is 31.2 Å². The lowest BCUT2D eigenvalue weighted by Crippen LogP contribution is -2.12. The fourth-order valence-electron chi connectivity index (χ4n) is 2.07. The van der Waals surface area contributed by atoms with Crippen LogP contribution in [-0.2, 0) is 9.47 Å². The van der Waals surface area contributed by atoms with Crippen LogP contribution in [0.5, 0.6) is 0 Å². The maximum atomic E-state index is 8.87. The van der Waals surface area contributed by atoms with E-state index in [9.17, 15) is 0 Å². The highest BCUT2D eigenvalue weighted by Gasteiger charge is 1.95. The second-order valence-electron chi connectivity index (χ2n) is 5.26. The van der Waals surface area contributed by atoms with Crippen molar-refractivity contribution in [2.24, 2.45) is 0 Å². The zero-order valence-corrected chi connectivity index (χ0v) is 13.0. The van der Waals surface area contributed by atoms with Crippen LogP contribution in [0.15, 0.2) is 0 Å². The van der Waals surface area contributed by atoms with Crippen molar-refractivity contribution in [3.05, 3.63) is 0 Å². The number of rotatable bonds is 15. The van der Waals surface area contributed by atoms with Gasteiger partial charge in [0, 0.05) is 6.61 Å². The Morgan fingerprint density at radius 2 is 1.26 bits per heavy atom. The first-order chi connectivity index (χ1) is 9.27. The van der Waals surface area contributed by atoms with E-state index in [1.54, 1.807) is 6.92 Å². The molecular weight excluding hydrogens is 240 g/mol. The van der Waals surface area contributed by atoms with E-state index in [-0.39, 0.29) is 0 Å². The molecule has 0 rings (SSSR count). The van der Waals surface area contributed by atoms with Gasteiger partial charge in [-0.1, -0.05) is 64.7 Å². The lowest BCUT2D eigenvalue weighted by molar-refractivity contribution is -0.0994. The molecule has 0 aromatic rings. The number of unbranched alkanes of at least 4 members (excludes halogenated alkanes) is 9. The van der Waals surface area contributed by atoms with E-state index in [0.29, 0.717) is 13.2 Å². The van der Waals surface area contributed by atoms with Crippen LogP contribution in [0.2, 0.25) is 0 Å². The van der Waals surface area contributed by atoms with Gasteiger partial charge in [-0.2, -0.15) is 0 Å². The largest absolute Gasteiger partial charge is 0.379 e. The summed E-state index contributed by atoms with van der Waals surface area (Å²) < 4.78 is 10.4. The zero-order valence-electron chi connectivity index (χ0n) is 13.0. The van der Waals surface area contributed by atoms with Gasteiger partial charge in [-0.25, -0.2) is 0 Å². The van der Waals surface area contributed by atoms with Crippen molar-refractivity contribution in [2.45, 2.75) is 84.3 Å². The van der Waals surface area contributed by atoms with Crippen molar-refractivity contribution in [1.82, 2.24) is 0 Å². The van der Waals surface area contributed by atoms with Crippen LogP contribution < -0.4 is 0 Å². The summed E-state index contributed by atoms with van der Waals surface area (Å²) in [5, 5.41) is 8.87. The van der Waals surface area contributed by atoms with Crippen LogP contribution >= 0.6 is 0 Å². The predicted octanol–water partition coefficient (Wildman–Crippen LogP) is 4.28. The highest BCUT2D eigenvalue weighted by Crippen LogP contribution is 2.10. The maximum Gasteiger partial charge on any atom is 0.151 e. The minimum absolute atomic E-state index is 0.482. The first kappa shape index (κ1) is 18.9. The van der Waals surface area contributed by atoms with Gasteiger partial charge in [0.15, 0.2) is 6.29 Å². The Morgan fingerprint density at radius 3 is 1.79 bits per heavy atom. The number of aliphatic hydroxyl groups is 1. The number of hydrogen-bond acceptors (Lipinski definition) is 3. The summed E-state index contributed by atoms with van der Waals surface area (Å²) in [6, 6.07) is 0. The van der Waals surface area contributed by atoms with Gasteiger partial charge in [0.1, 0.15) is 0 Å². The van der Waals surface area contributed by atoms with E-state index >= 15 is 0 Å². The van der Waals surface area contributed by atoms with Crippen LogP contribution in [0.25, 0.3) is 0 Å². The molecular formula is C16H34O3. The minimum atomic E-state index is -0.680. The average Bonchev–Trinajstić information content (AvgIpc) is 2.39. The highest BCUT2D eigenvalue weighted by molar-refractivity contribution is 4.47. The smallest absolute Gasteiger partial charge is 0.151 e. The molecule has 0 fully saturated rings. The van der Waals surface area contributed by atoms with E-state index in [2.05, 4.69) is 6.92 Å². The normalized spacial score (nSPS) is 12.8. The third-order valence-corrected chi connectivity index (χ3v) is 3.23. The summed E-state index contributed by atoms with van der Waals surface area (Å²) in [6.45, 7) is 5.76. The fraction of sp³-hybridized carbons (Fsp3) is 1.00. The molecule has 0 aliphatic rings. The molecule has 1 unspecified atom stereocenters. The van der Waals surface area contributed by atoms with Crippen molar-refractivity contribution >= 4 is 0 Å². The second-order valence-corrected chi connectivity index (χ2v) is 5.26. The summed E-state index contributed by atoms with van der Waals surface area (Å²) >= 11 is 0. The van der Waals surface area contributed by atoms with Crippen molar-refractivity contribution in [3.8, 4) is 0 Å². The predicted molar refractivity (Wildman–Crippen MR) is 80.3 cm³/mol. The van der Waals surface area contributed by atoms with Crippen LogP contribution in [0.3, 0.4) is 0 Å². The summed E-state index contributed by atoms with van der Waals surface area (Å²) in [6.07, 6.45) is 12.8. The first-order valence-electron chi connectivity index (χ1n) is 8.14. The molecule has 0 radical (unpaired) electrons. The third-order valence-electron chi connectivity index (χ3n) is 3.23. The standard InChI is InChI=1S/C16H34O3/c1-3-4-5-6-7-8-9-10-11-12-13-18-14-15-19-16(2)17/h16-17H,3-15H2,1-2H3. The number of aliphatic hydroxyl groups excluding tert-OH is 1. The van der Waals surface area contributed by atoms with Gasteiger partial charge < -0.3 is 14.6 Å². The molecule has 0 aromatic heterocycles. The molecule has 1 N–H and O–H groups in total. The van der Waals surface area contributed by atoms with Gasteiger partial charge in [0.05, 0.1) is 13.2 Å². The molecule has 0 bridgehead atoms. The Bertz CT molecular complexity index is 160. The number of hydrogen-bond donors (Lipinski definition) is 1. The average molecular weight is 274 g/mol. The molecule has 0 aliphatic heterocycles. The van der Waals surface area contributed by atoms with E-state index in [1.807, 2.05) is 0 Å². The molecule has 0 aliphatic carbocycles. The molecule has 0 spiro atoms. The molecule has 0 saturated carbocycles. The Balaban J connectivity index is 2.91. The minimum Gasteiger partial charge on any atom is -0.379 e. The molecule has 0 saturated heterocycles. The first-order valence-corrected chi connectivity index (χ1v) is 8.14. The Kier molecular flexibility index (Phi) is 15.8. The van der Waals surface area contributed by atoms with Gasteiger partial charge in [0.2, 0.25) is 0 Å². The number of ether oxygens (including phenoxy) is 2. The summed E-state index contributed by atoms with van der Waals surface area (Å²) in [4.78, 5) is 0. The molecule has 19 heavy (non-hydrogen) atoms. The molecule has 3 heteroatoms. The Hall–Kier alpha value is -0.120. The Morgan fingerprint density at radius 1 is 0.737 bits per heavy atom. The zero-order chi connectivity index (χ0) is 14.2. The van der Waals surface area contributed by atoms with E-state index in [1.165, 1.54) is 57.8 Å². The van der Waals surface area contributed by atoms with Gasteiger partial charge in [-0.15, -0.1) is 0 Å². The third kappa shape index (κ3) is 17.9. The van der Waals surface area contributed by atoms with Crippen LogP contribution in [0, 0.1) is 0 Å². The SMILES string of the molecule is CCCCCCCCCCCCOCCOC(C)O. The molecule has 0 heterocycles. The van der Waals surface area contributed by atoms with Gasteiger partial charge in [-0.3, -0.25) is 0 Å². The monoisotopic (exact) mass is 274 g/mol. The molecule has 3 nitrogen and oxygen atoms in total. The summed E-state index contributed by atoms with van der Waals surface area (Å²) in [7, 11) is 0. The summed E-state index contributed by atoms with van der Waals surface area (Å²) in [5.74, 6) is 0. The molecule has 0 aromatic carbocycles. The van der Waals surface area contributed by atoms with E-state index < -0.39 is 6.29 Å². The summed E-state index contributed by atoms with van der Waals surface area (Å²) in [5.41, 5.74) is 0. The van der Waals surface area contributed by atoms with E-state index in [0.717, 1.165) is 13.0 Å². The highest BCUT2D eigenvalue weighted by atomic mass is 16.6. The van der Waals surface area contributed by atoms with Crippen LogP contribution in [0.4, 0.5) is 0 Å².